The van der Waals surface area contributed by atoms with E-state index >= 15 is 0 Å². The summed E-state index contributed by atoms with van der Waals surface area (Å²) in [7, 11) is 0. The lowest BCUT2D eigenvalue weighted by atomic mass is 9.93. The largest absolute Gasteiger partial charge is 0.368 e. The molecule has 0 spiro atoms. The molecule has 3 nitrogen and oxygen atoms in total. The SMILES string of the molecule is CCC(C)(NC(CCC(C)C)C1CC1)C(N)=O. The zero-order valence-corrected chi connectivity index (χ0v) is 11.8. The van der Waals surface area contributed by atoms with Crippen LogP contribution in [0.2, 0.25) is 0 Å². The Morgan fingerprint density at radius 3 is 2.35 bits per heavy atom. The molecule has 0 heterocycles. The van der Waals surface area contributed by atoms with Gasteiger partial charge < -0.3 is 11.1 Å². The van der Waals surface area contributed by atoms with E-state index in [9.17, 15) is 4.79 Å². The van der Waals surface area contributed by atoms with Gasteiger partial charge in [0.15, 0.2) is 0 Å². The summed E-state index contributed by atoms with van der Waals surface area (Å²) in [4.78, 5) is 11.5. The van der Waals surface area contributed by atoms with Gasteiger partial charge in [0.05, 0.1) is 5.54 Å². The average Bonchev–Trinajstić information content (AvgIpc) is 3.07. The van der Waals surface area contributed by atoms with Crippen molar-refractivity contribution in [2.75, 3.05) is 0 Å². The first kappa shape index (κ1) is 14.5. The molecule has 0 saturated heterocycles. The highest BCUT2D eigenvalue weighted by Gasteiger charge is 2.37. The third kappa shape index (κ3) is 4.30. The van der Waals surface area contributed by atoms with Crippen molar-refractivity contribution in [1.82, 2.24) is 5.32 Å². The lowest BCUT2D eigenvalue weighted by Gasteiger charge is -2.32. The lowest BCUT2D eigenvalue weighted by molar-refractivity contribution is -0.124. The first-order valence-electron chi connectivity index (χ1n) is 6.96. The minimum atomic E-state index is -0.537. The van der Waals surface area contributed by atoms with E-state index in [4.69, 9.17) is 5.73 Å². The molecule has 1 amide bonds. The number of primary amides is 1. The van der Waals surface area contributed by atoms with Crippen LogP contribution in [0.4, 0.5) is 0 Å². The van der Waals surface area contributed by atoms with Gasteiger partial charge in [0.2, 0.25) is 5.91 Å². The van der Waals surface area contributed by atoms with Crippen molar-refractivity contribution in [3.63, 3.8) is 0 Å². The van der Waals surface area contributed by atoms with E-state index in [0.717, 1.165) is 24.7 Å². The molecule has 1 fully saturated rings. The summed E-state index contributed by atoms with van der Waals surface area (Å²) >= 11 is 0. The van der Waals surface area contributed by atoms with Crippen molar-refractivity contribution in [2.24, 2.45) is 17.6 Å². The molecular formula is C14H28N2O. The zero-order valence-electron chi connectivity index (χ0n) is 11.8. The minimum absolute atomic E-state index is 0.227. The van der Waals surface area contributed by atoms with Crippen molar-refractivity contribution in [2.45, 2.75) is 71.4 Å². The second-order valence-corrected chi connectivity index (χ2v) is 6.11. The van der Waals surface area contributed by atoms with Gasteiger partial charge in [0.1, 0.15) is 0 Å². The molecule has 0 aromatic rings. The van der Waals surface area contributed by atoms with Crippen LogP contribution in [-0.2, 0) is 4.79 Å². The molecule has 0 radical (unpaired) electrons. The molecule has 1 aliphatic rings. The zero-order chi connectivity index (χ0) is 13.1. The second kappa shape index (κ2) is 5.85. The minimum Gasteiger partial charge on any atom is -0.368 e. The molecule has 0 aliphatic heterocycles. The van der Waals surface area contributed by atoms with Crippen molar-refractivity contribution in [3.05, 3.63) is 0 Å². The normalized spacial score (nSPS) is 21.2. The molecule has 0 aromatic carbocycles. The number of hydrogen-bond acceptors (Lipinski definition) is 2. The Balaban J connectivity index is 2.56. The van der Waals surface area contributed by atoms with Crippen LogP contribution in [0, 0.1) is 11.8 Å². The molecular weight excluding hydrogens is 212 g/mol. The maximum atomic E-state index is 11.5. The molecule has 0 bridgehead atoms. The van der Waals surface area contributed by atoms with Crippen LogP contribution in [0.1, 0.15) is 59.8 Å². The number of rotatable bonds is 8. The fourth-order valence-corrected chi connectivity index (χ4v) is 2.19. The monoisotopic (exact) mass is 240 g/mol. The van der Waals surface area contributed by atoms with E-state index in [1.165, 1.54) is 19.3 Å². The molecule has 1 rings (SSSR count). The molecule has 3 heteroatoms. The summed E-state index contributed by atoms with van der Waals surface area (Å²) < 4.78 is 0. The highest BCUT2D eigenvalue weighted by atomic mass is 16.1. The maximum Gasteiger partial charge on any atom is 0.237 e. The topological polar surface area (TPSA) is 55.1 Å². The van der Waals surface area contributed by atoms with Gasteiger partial charge >= 0.3 is 0 Å². The molecule has 3 N–H and O–H groups in total. The lowest BCUT2D eigenvalue weighted by Crippen LogP contribution is -2.56. The van der Waals surface area contributed by atoms with Crippen molar-refractivity contribution in [3.8, 4) is 0 Å². The highest BCUT2D eigenvalue weighted by Crippen LogP contribution is 2.36. The van der Waals surface area contributed by atoms with Gasteiger partial charge in [-0.2, -0.15) is 0 Å². The quantitative estimate of drug-likeness (QED) is 0.684. The predicted octanol–water partition coefficient (Wildman–Crippen LogP) is 2.44. The van der Waals surface area contributed by atoms with Crippen LogP contribution in [0.5, 0.6) is 0 Å². The van der Waals surface area contributed by atoms with Crippen LogP contribution in [0.3, 0.4) is 0 Å². The Hall–Kier alpha value is -0.570. The van der Waals surface area contributed by atoms with Gasteiger partial charge in [-0.05, 0) is 50.9 Å². The molecule has 17 heavy (non-hydrogen) atoms. The summed E-state index contributed by atoms with van der Waals surface area (Å²) in [5.74, 6) is 1.26. The van der Waals surface area contributed by atoms with Gasteiger partial charge in [0.25, 0.3) is 0 Å². The Labute approximate surface area is 106 Å². The number of hydrogen-bond donors (Lipinski definition) is 2. The summed E-state index contributed by atoms with van der Waals surface area (Å²) in [5, 5.41) is 3.52. The third-order valence-electron chi connectivity index (χ3n) is 4.00. The molecule has 100 valence electrons. The van der Waals surface area contributed by atoms with Gasteiger partial charge in [-0.3, -0.25) is 4.79 Å². The number of carbonyl (C=O) groups excluding carboxylic acids is 1. The van der Waals surface area contributed by atoms with Crippen molar-refractivity contribution < 1.29 is 4.79 Å². The predicted molar refractivity (Wildman–Crippen MR) is 71.6 cm³/mol. The molecule has 1 aliphatic carbocycles. The number of carbonyl (C=O) groups is 1. The average molecular weight is 240 g/mol. The van der Waals surface area contributed by atoms with E-state index in [2.05, 4.69) is 19.2 Å². The van der Waals surface area contributed by atoms with Gasteiger partial charge in [-0.25, -0.2) is 0 Å². The Morgan fingerprint density at radius 2 is 2.00 bits per heavy atom. The number of nitrogens with two attached hydrogens (primary N) is 1. The van der Waals surface area contributed by atoms with E-state index in [1.54, 1.807) is 0 Å². The van der Waals surface area contributed by atoms with E-state index < -0.39 is 5.54 Å². The first-order valence-corrected chi connectivity index (χ1v) is 6.96. The van der Waals surface area contributed by atoms with Crippen LogP contribution in [0.25, 0.3) is 0 Å². The Morgan fingerprint density at radius 1 is 1.41 bits per heavy atom. The van der Waals surface area contributed by atoms with Crippen LogP contribution in [-0.4, -0.2) is 17.5 Å². The standard InChI is InChI=1S/C14H28N2O/c1-5-14(4,13(15)17)16-12(11-7-8-11)9-6-10(2)3/h10-12,16H,5-9H2,1-4H3,(H2,15,17). The van der Waals surface area contributed by atoms with Crippen molar-refractivity contribution in [1.29, 1.82) is 0 Å². The van der Waals surface area contributed by atoms with Gasteiger partial charge in [-0.1, -0.05) is 20.8 Å². The Bertz CT molecular complexity index is 261. The molecule has 2 atom stereocenters. The third-order valence-corrected chi connectivity index (χ3v) is 4.00. The van der Waals surface area contributed by atoms with Gasteiger partial charge in [0, 0.05) is 6.04 Å². The highest BCUT2D eigenvalue weighted by molar-refractivity contribution is 5.84. The summed E-state index contributed by atoms with van der Waals surface area (Å²) in [6, 6.07) is 0.467. The summed E-state index contributed by atoms with van der Waals surface area (Å²) in [6.45, 7) is 8.44. The smallest absolute Gasteiger partial charge is 0.237 e. The van der Waals surface area contributed by atoms with Crippen LogP contribution >= 0.6 is 0 Å². The van der Waals surface area contributed by atoms with E-state index in [-0.39, 0.29) is 5.91 Å². The molecule has 0 aromatic heterocycles. The van der Waals surface area contributed by atoms with Crippen LogP contribution in [0.15, 0.2) is 0 Å². The Kier molecular flexibility index (Phi) is 4.99. The van der Waals surface area contributed by atoms with E-state index in [0.29, 0.717) is 6.04 Å². The van der Waals surface area contributed by atoms with Crippen LogP contribution < -0.4 is 11.1 Å². The molecule has 1 saturated carbocycles. The second-order valence-electron chi connectivity index (χ2n) is 6.11. The summed E-state index contributed by atoms with van der Waals surface area (Å²) in [6.07, 6.45) is 5.73. The number of amides is 1. The summed E-state index contributed by atoms with van der Waals surface area (Å²) in [5.41, 5.74) is 4.97. The fourth-order valence-electron chi connectivity index (χ4n) is 2.19. The maximum absolute atomic E-state index is 11.5. The van der Waals surface area contributed by atoms with Crippen molar-refractivity contribution >= 4 is 5.91 Å². The first-order chi connectivity index (χ1) is 7.89. The fraction of sp³-hybridized carbons (Fsp3) is 0.929. The van der Waals surface area contributed by atoms with Gasteiger partial charge in [-0.15, -0.1) is 0 Å². The molecule has 2 unspecified atom stereocenters. The number of nitrogens with one attached hydrogen (secondary N) is 1. The van der Waals surface area contributed by atoms with E-state index in [1.807, 2.05) is 13.8 Å².